The minimum atomic E-state index is -1.53. The molecule has 3 aromatic rings. The standard InChI is InChI=1S/C17H11NO7.Na/c1-23-9-3-2-8-4-12(18(21)22)14-11(17(19)20)6-13-16(25-7-24-13)15(14)10(8)5-9;/h2-6H,7H2,1H3,(H,19,20);/q;+1/p-1. The number of ether oxygens (including phenoxy) is 3. The number of carboxylic acids is 1. The minimum Gasteiger partial charge on any atom is -0.545 e. The molecule has 8 nitrogen and oxygen atoms in total. The second-order valence-corrected chi connectivity index (χ2v) is 5.44. The molecule has 0 bridgehead atoms. The minimum absolute atomic E-state index is 0. The Kier molecular flexibility index (Phi) is 4.66. The molecule has 9 heteroatoms. The Bertz CT molecular complexity index is 1080. The van der Waals surface area contributed by atoms with Gasteiger partial charge in [0.1, 0.15) is 5.75 Å². The third-order valence-corrected chi connectivity index (χ3v) is 4.16. The first kappa shape index (κ1) is 18.2. The summed E-state index contributed by atoms with van der Waals surface area (Å²) in [7, 11) is 1.49. The van der Waals surface area contributed by atoms with Crippen molar-refractivity contribution in [2.24, 2.45) is 0 Å². The van der Waals surface area contributed by atoms with Crippen LogP contribution in [0.25, 0.3) is 21.5 Å². The number of hydrogen-bond acceptors (Lipinski definition) is 7. The molecular formula is C17H10NNaO7. The van der Waals surface area contributed by atoms with Crippen LogP contribution in [0, 0.1) is 10.1 Å². The van der Waals surface area contributed by atoms with Gasteiger partial charge < -0.3 is 24.1 Å². The van der Waals surface area contributed by atoms with Gasteiger partial charge in [0.15, 0.2) is 11.5 Å². The summed E-state index contributed by atoms with van der Waals surface area (Å²) in [5.41, 5.74) is -0.666. The molecule has 0 aliphatic carbocycles. The number of carbonyl (C=O) groups is 1. The van der Waals surface area contributed by atoms with Crippen LogP contribution in [-0.4, -0.2) is 24.8 Å². The van der Waals surface area contributed by atoms with Crippen LogP contribution in [0.1, 0.15) is 10.4 Å². The number of carbonyl (C=O) groups excluding carboxylic acids is 1. The molecule has 0 aromatic heterocycles. The Morgan fingerprint density at radius 2 is 1.96 bits per heavy atom. The van der Waals surface area contributed by atoms with E-state index < -0.39 is 10.9 Å². The van der Waals surface area contributed by atoms with Gasteiger partial charge in [-0.15, -0.1) is 0 Å². The topological polar surface area (TPSA) is 111 Å². The molecule has 1 aliphatic rings. The van der Waals surface area contributed by atoms with E-state index in [0.29, 0.717) is 16.5 Å². The van der Waals surface area contributed by atoms with Crippen molar-refractivity contribution in [3.63, 3.8) is 0 Å². The van der Waals surface area contributed by atoms with Gasteiger partial charge in [-0.05, 0) is 29.0 Å². The first-order chi connectivity index (χ1) is 12.0. The van der Waals surface area contributed by atoms with Crippen LogP contribution in [-0.2, 0) is 0 Å². The van der Waals surface area contributed by atoms with Crippen LogP contribution in [0.3, 0.4) is 0 Å². The fourth-order valence-corrected chi connectivity index (χ4v) is 3.09. The fourth-order valence-electron chi connectivity index (χ4n) is 3.09. The Morgan fingerprint density at radius 3 is 2.62 bits per heavy atom. The average molecular weight is 363 g/mol. The average Bonchev–Trinajstić information content (AvgIpc) is 3.07. The SMILES string of the molecule is COc1ccc2cc([N+](=O)[O-])c3c(C(=O)[O-])cc4c(c3c2c1)OCO4.[Na+]. The Labute approximate surface area is 168 Å². The number of hydrogen-bond donors (Lipinski definition) is 0. The molecular weight excluding hydrogens is 353 g/mol. The van der Waals surface area contributed by atoms with Gasteiger partial charge in [-0.1, -0.05) is 6.07 Å². The smallest absolute Gasteiger partial charge is 0.545 e. The molecule has 0 unspecified atom stereocenters. The van der Waals surface area contributed by atoms with E-state index in [1.165, 1.54) is 19.2 Å². The predicted octanol–water partition coefficient (Wildman–Crippen LogP) is -0.994. The summed E-state index contributed by atoms with van der Waals surface area (Å²) in [6.45, 7) is -0.102. The van der Waals surface area contributed by atoms with Gasteiger partial charge in [0.25, 0.3) is 5.69 Å². The van der Waals surface area contributed by atoms with Crippen LogP contribution in [0.2, 0.25) is 0 Å². The number of methoxy groups -OCH3 is 1. The monoisotopic (exact) mass is 363 g/mol. The third-order valence-electron chi connectivity index (χ3n) is 4.16. The van der Waals surface area contributed by atoms with E-state index in [0.717, 1.165) is 0 Å². The van der Waals surface area contributed by atoms with Gasteiger partial charge >= 0.3 is 29.6 Å². The normalized spacial score (nSPS) is 12.0. The molecule has 0 radical (unpaired) electrons. The van der Waals surface area contributed by atoms with Crippen molar-refractivity contribution in [1.29, 1.82) is 0 Å². The molecule has 0 N–H and O–H groups in total. The van der Waals surface area contributed by atoms with Crippen LogP contribution in [0.15, 0.2) is 30.3 Å². The largest absolute Gasteiger partial charge is 1.00 e. The number of nitro groups is 1. The molecule has 4 rings (SSSR count). The molecule has 0 atom stereocenters. The first-order valence-corrected chi connectivity index (χ1v) is 7.24. The van der Waals surface area contributed by atoms with Crippen molar-refractivity contribution in [3.05, 3.63) is 46.0 Å². The predicted molar refractivity (Wildman–Crippen MR) is 85.1 cm³/mol. The summed E-state index contributed by atoms with van der Waals surface area (Å²) in [6, 6.07) is 7.51. The summed E-state index contributed by atoms with van der Waals surface area (Å²) >= 11 is 0. The summed E-state index contributed by atoms with van der Waals surface area (Å²) in [5.74, 6) is -0.541. The van der Waals surface area contributed by atoms with Crippen molar-refractivity contribution in [2.45, 2.75) is 0 Å². The molecule has 126 valence electrons. The van der Waals surface area contributed by atoms with Crippen LogP contribution < -0.4 is 48.9 Å². The van der Waals surface area contributed by atoms with Gasteiger partial charge in [-0.3, -0.25) is 10.1 Å². The molecule has 3 aromatic carbocycles. The first-order valence-electron chi connectivity index (χ1n) is 7.24. The number of benzene rings is 3. The molecule has 1 aliphatic heterocycles. The fraction of sp³-hybridized carbons (Fsp3) is 0.118. The molecule has 0 fully saturated rings. The third kappa shape index (κ3) is 2.63. The van der Waals surface area contributed by atoms with Gasteiger partial charge in [-0.2, -0.15) is 0 Å². The number of nitrogens with zero attached hydrogens (tertiary/aromatic N) is 1. The van der Waals surface area contributed by atoms with Crippen molar-refractivity contribution < 1.29 is 58.6 Å². The van der Waals surface area contributed by atoms with Gasteiger partial charge in [0.05, 0.1) is 23.4 Å². The number of rotatable bonds is 3. The van der Waals surface area contributed by atoms with E-state index >= 15 is 0 Å². The summed E-state index contributed by atoms with van der Waals surface area (Å²) in [6.07, 6.45) is 0. The number of non-ortho nitro benzene ring substituents is 1. The molecule has 0 amide bonds. The van der Waals surface area contributed by atoms with Crippen molar-refractivity contribution in [2.75, 3.05) is 13.9 Å². The number of aromatic carboxylic acids is 1. The van der Waals surface area contributed by atoms with Gasteiger partial charge in [-0.25, -0.2) is 0 Å². The quantitative estimate of drug-likeness (QED) is 0.254. The summed E-state index contributed by atoms with van der Waals surface area (Å²) < 4.78 is 16.0. The zero-order chi connectivity index (χ0) is 17.7. The van der Waals surface area contributed by atoms with Gasteiger partial charge in [0, 0.05) is 17.0 Å². The molecule has 1 heterocycles. The molecule has 0 saturated heterocycles. The van der Waals surface area contributed by atoms with Crippen molar-refractivity contribution >= 4 is 33.2 Å². The zero-order valence-electron chi connectivity index (χ0n) is 13.9. The second-order valence-electron chi connectivity index (χ2n) is 5.44. The van der Waals surface area contributed by atoms with Crippen LogP contribution >= 0.6 is 0 Å². The second kappa shape index (κ2) is 6.64. The summed E-state index contributed by atoms with van der Waals surface area (Å²) in [5, 5.41) is 24.5. The molecule has 0 spiro atoms. The molecule has 26 heavy (non-hydrogen) atoms. The van der Waals surface area contributed by atoms with E-state index in [4.69, 9.17) is 14.2 Å². The zero-order valence-corrected chi connectivity index (χ0v) is 15.9. The maximum Gasteiger partial charge on any atom is 1.00 e. The summed E-state index contributed by atoms with van der Waals surface area (Å²) in [4.78, 5) is 22.5. The molecule has 0 saturated carbocycles. The number of fused-ring (bicyclic) bond motifs is 5. The van der Waals surface area contributed by atoms with E-state index in [2.05, 4.69) is 0 Å². The van der Waals surface area contributed by atoms with Crippen LogP contribution in [0.4, 0.5) is 5.69 Å². The van der Waals surface area contributed by atoms with E-state index in [1.54, 1.807) is 18.2 Å². The van der Waals surface area contributed by atoms with E-state index in [-0.39, 0.29) is 69.9 Å². The van der Waals surface area contributed by atoms with E-state index in [9.17, 15) is 20.0 Å². The Balaban J connectivity index is 0.00000196. The Morgan fingerprint density at radius 1 is 1.19 bits per heavy atom. The number of carboxylic acid groups (broad SMARTS) is 1. The van der Waals surface area contributed by atoms with E-state index in [1.807, 2.05) is 0 Å². The number of nitro benzene ring substituents is 1. The van der Waals surface area contributed by atoms with Crippen molar-refractivity contribution in [3.8, 4) is 17.2 Å². The Hall–Kier alpha value is -2.55. The maximum atomic E-state index is 11.6. The van der Waals surface area contributed by atoms with Crippen molar-refractivity contribution in [1.82, 2.24) is 0 Å². The van der Waals surface area contributed by atoms with Gasteiger partial charge in [0.2, 0.25) is 6.79 Å². The maximum absolute atomic E-state index is 11.6. The van der Waals surface area contributed by atoms with Crippen LogP contribution in [0.5, 0.6) is 17.2 Å².